The van der Waals surface area contributed by atoms with E-state index in [9.17, 15) is 13.6 Å². The van der Waals surface area contributed by atoms with Crippen LogP contribution in [0, 0.1) is 12.7 Å². The number of halogens is 3. The molecule has 1 aromatic heterocycles. The quantitative estimate of drug-likeness (QED) is 0.421. The maximum absolute atomic E-state index is 15.0. The number of esters is 1. The Balaban J connectivity index is 2.06. The number of rotatable bonds is 9. The Kier molecular flexibility index (Phi) is 7.84. The van der Waals surface area contributed by atoms with Gasteiger partial charge in [-0.1, -0.05) is 12.1 Å². The molecule has 33 heavy (non-hydrogen) atoms. The summed E-state index contributed by atoms with van der Waals surface area (Å²) in [6.07, 6.45) is -2.39. The summed E-state index contributed by atoms with van der Waals surface area (Å²) in [5, 5.41) is 11.8. The fourth-order valence-electron chi connectivity index (χ4n) is 3.37. The van der Waals surface area contributed by atoms with E-state index in [1.807, 2.05) is 0 Å². The number of aliphatic hydroxyl groups excluding tert-OH is 1. The van der Waals surface area contributed by atoms with Gasteiger partial charge in [-0.05, 0) is 13.0 Å². The largest absolute Gasteiger partial charge is 0.469 e. The number of ether oxygens (including phenoxy) is 4. The smallest absolute Gasteiger partial charge is 0.311 e. The minimum Gasteiger partial charge on any atom is -0.469 e. The first-order chi connectivity index (χ1) is 15.7. The summed E-state index contributed by atoms with van der Waals surface area (Å²) in [5.74, 6) is -5.21. The second-order valence-electron chi connectivity index (χ2n) is 7.14. The number of nitrogens with zero attached hydrogens (tertiary/aromatic N) is 2. The predicted octanol–water partition coefficient (Wildman–Crippen LogP) is 2.53. The number of aromatic nitrogens is 2. The van der Waals surface area contributed by atoms with Gasteiger partial charge in [0.05, 0.1) is 43.6 Å². The molecule has 9 nitrogen and oxygen atoms in total. The van der Waals surface area contributed by atoms with Crippen molar-refractivity contribution in [2.75, 3.05) is 39.4 Å². The maximum Gasteiger partial charge on any atom is 0.311 e. The Hall–Kier alpha value is -2.80. The van der Waals surface area contributed by atoms with Gasteiger partial charge in [-0.2, -0.15) is 8.78 Å². The van der Waals surface area contributed by atoms with Crippen molar-refractivity contribution in [3.05, 3.63) is 52.2 Å². The summed E-state index contributed by atoms with van der Waals surface area (Å²) >= 11 is 0. The summed E-state index contributed by atoms with van der Waals surface area (Å²) in [6, 6.07) is 3.37. The Morgan fingerprint density at radius 2 is 2.00 bits per heavy atom. The lowest BCUT2D eigenvalue weighted by Crippen LogP contribution is -2.24. The third-order valence-corrected chi connectivity index (χ3v) is 4.94. The SMILES string of the molecule is COC(=O)Cc1nc(C)nc(NC(OC)c2cccc(C(F)(F)CO)c2F)c1C1OCCO1. The topological polar surface area (TPSA) is 112 Å². The van der Waals surface area contributed by atoms with E-state index < -0.39 is 42.4 Å². The molecule has 1 aliphatic rings. The highest BCUT2D eigenvalue weighted by molar-refractivity contribution is 5.73. The van der Waals surface area contributed by atoms with Gasteiger partial charge in [0.1, 0.15) is 24.1 Å². The summed E-state index contributed by atoms with van der Waals surface area (Å²) < 4.78 is 64.2. The Bertz CT molecular complexity index is 1000. The molecule has 1 fully saturated rings. The molecule has 0 aliphatic carbocycles. The second kappa shape index (κ2) is 10.4. The predicted molar refractivity (Wildman–Crippen MR) is 108 cm³/mol. The summed E-state index contributed by atoms with van der Waals surface area (Å²) in [5.41, 5.74) is -0.671. The van der Waals surface area contributed by atoms with Crippen molar-refractivity contribution >= 4 is 11.8 Å². The van der Waals surface area contributed by atoms with Gasteiger partial charge >= 0.3 is 5.97 Å². The molecule has 1 unspecified atom stereocenters. The molecule has 0 bridgehead atoms. The standard InChI is InChI=1S/C21H24F3N3O6/c1-11-25-14(9-15(29)30-2)16(20-32-7-8-33-20)18(26-11)27-19(31-3)12-5-4-6-13(17(12)22)21(23,24)10-28/h4-6,19-20,28H,7-10H2,1-3H3,(H,25,26,27). The van der Waals surface area contributed by atoms with Crippen molar-refractivity contribution in [3.8, 4) is 0 Å². The zero-order chi connectivity index (χ0) is 24.2. The molecule has 0 radical (unpaired) electrons. The van der Waals surface area contributed by atoms with Crippen LogP contribution < -0.4 is 5.32 Å². The number of carbonyl (C=O) groups is 1. The third kappa shape index (κ3) is 5.41. The highest BCUT2D eigenvalue weighted by Crippen LogP contribution is 2.36. The van der Waals surface area contributed by atoms with Gasteiger partial charge in [0.15, 0.2) is 12.5 Å². The van der Waals surface area contributed by atoms with Gasteiger partial charge in [0, 0.05) is 12.7 Å². The van der Waals surface area contributed by atoms with Crippen LogP contribution in [0.5, 0.6) is 0 Å². The fourth-order valence-corrected chi connectivity index (χ4v) is 3.37. The van der Waals surface area contributed by atoms with E-state index in [0.717, 1.165) is 6.07 Å². The van der Waals surface area contributed by atoms with Gasteiger partial charge < -0.3 is 29.4 Å². The molecule has 0 saturated carbocycles. The number of nitrogens with one attached hydrogen (secondary N) is 1. The van der Waals surface area contributed by atoms with Gasteiger partial charge in [-0.15, -0.1) is 0 Å². The monoisotopic (exact) mass is 471 g/mol. The van der Waals surface area contributed by atoms with Crippen LogP contribution in [0.15, 0.2) is 18.2 Å². The van der Waals surface area contributed by atoms with E-state index in [4.69, 9.17) is 24.1 Å². The van der Waals surface area contributed by atoms with E-state index in [2.05, 4.69) is 15.3 Å². The summed E-state index contributed by atoms with van der Waals surface area (Å²) in [6.45, 7) is 0.602. The first-order valence-electron chi connectivity index (χ1n) is 9.96. The minimum absolute atomic E-state index is 0.110. The number of carbonyl (C=O) groups excluding carboxylic acids is 1. The maximum atomic E-state index is 15.0. The Morgan fingerprint density at radius 3 is 2.61 bits per heavy atom. The van der Waals surface area contributed by atoms with Crippen LogP contribution in [-0.4, -0.2) is 55.1 Å². The highest BCUT2D eigenvalue weighted by atomic mass is 19.3. The van der Waals surface area contributed by atoms with Crippen LogP contribution in [0.1, 0.15) is 40.7 Å². The van der Waals surface area contributed by atoms with E-state index in [1.165, 1.54) is 26.4 Å². The van der Waals surface area contributed by atoms with Crippen molar-refractivity contribution in [2.45, 2.75) is 31.8 Å². The number of methoxy groups -OCH3 is 2. The zero-order valence-electron chi connectivity index (χ0n) is 18.2. The highest BCUT2D eigenvalue weighted by Gasteiger charge is 2.36. The molecule has 0 amide bonds. The number of anilines is 1. The van der Waals surface area contributed by atoms with Gasteiger partial charge in [0.2, 0.25) is 0 Å². The lowest BCUT2D eigenvalue weighted by molar-refractivity contribution is -0.139. The van der Waals surface area contributed by atoms with Crippen LogP contribution in [0.2, 0.25) is 0 Å². The van der Waals surface area contributed by atoms with Gasteiger partial charge in [0.25, 0.3) is 5.92 Å². The number of hydrogen-bond acceptors (Lipinski definition) is 9. The van der Waals surface area contributed by atoms with Crippen LogP contribution in [0.4, 0.5) is 19.0 Å². The van der Waals surface area contributed by atoms with Crippen LogP contribution >= 0.6 is 0 Å². The van der Waals surface area contributed by atoms with Crippen LogP contribution in [0.25, 0.3) is 0 Å². The molecule has 12 heteroatoms. The third-order valence-electron chi connectivity index (χ3n) is 4.94. The average Bonchev–Trinajstić information content (AvgIpc) is 3.31. The van der Waals surface area contributed by atoms with Crippen molar-refractivity contribution in [2.24, 2.45) is 0 Å². The number of aliphatic hydroxyl groups is 1. The lowest BCUT2D eigenvalue weighted by atomic mass is 10.0. The molecule has 2 N–H and O–H groups in total. The molecule has 180 valence electrons. The number of alkyl halides is 2. The Labute approximate surface area is 187 Å². The molecule has 1 atom stereocenters. The molecular formula is C21H24F3N3O6. The van der Waals surface area contributed by atoms with Crippen molar-refractivity contribution in [1.82, 2.24) is 9.97 Å². The van der Waals surface area contributed by atoms with Crippen LogP contribution in [0.3, 0.4) is 0 Å². The molecule has 2 aromatic rings. The van der Waals surface area contributed by atoms with Crippen LogP contribution in [-0.2, 0) is 36.1 Å². The van der Waals surface area contributed by atoms with Crippen molar-refractivity contribution in [1.29, 1.82) is 0 Å². The van der Waals surface area contributed by atoms with E-state index in [1.54, 1.807) is 6.92 Å². The number of hydrogen-bond donors (Lipinski definition) is 2. The van der Waals surface area contributed by atoms with Gasteiger partial charge in [-0.3, -0.25) is 4.79 Å². The first-order valence-corrected chi connectivity index (χ1v) is 9.96. The van der Waals surface area contributed by atoms with Gasteiger partial charge in [-0.25, -0.2) is 14.4 Å². The minimum atomic E-state index is -3.78. The molecule has 1 saturated heterocycles. The van der Waals surface area contributed by atoms with E-state index in [-0.39, 0.29) is 48.1 Å². The Morgan fingerprint density at radius 1 is 1.30 bits per heavy atom. The van der Waals surface area contributed by atoms with Crippen molar-refractivity contribution < 1.29 is 42.0 Å². The summed E-state index contributed by atoms with van der Waals surface area (Å²) in [7, 11) is 2.48. The van der Waals surface area contributed by atoms with Crippen molar-refractivity contribution in [3.63, 3.8) is 0 Å². The fraction of sp³-hybridized carbons (Fsp3) is 0.476. The molecule has 1 aromatic carbocycles. The normalized spacial score (nSPS) is 15.5. The summed E-state index contributed by atoms with van der Waals surface area (Å²) in [4.78, 5) is 20.5. The molecular weight excluding hydrogens is 447 g/mol. The lowest BCUT2D eigenvalue weighted by Gasteiger charge is -2.25. The van der Waals surface area contributed by atoms with E-state index >= 15 is 4.39 Å². The molecule has 1 aliphatic heterocycles. The molecule has 0 spiro atoms. The zero-order valence-corrected chi connectivity index (χ0v) is 18.2. The average molecular weight is 471 g/mol. The molecule has 3 rings (SSSR count). The number of aryl methyl sites for hydroxylation is 1. The van der Waals surface area contributed by atoms with E-state index in [0.29, 0.717) is 0 Å². The first kappa shape index (κ1) is 24.8. The second-order valence-corrected chi connectivity index (χ2v) is 7.14. The molecule has 2 heterocycles. The number of benzene rings is 1.